The Labute approximate surface area is 181 Å². The third-order valence-electron chi connectivity index (χ3n) is 5.32. The molecule has 5 nitrogen and oxygen atoms in total. The zero-order valence-electron chi connectivity index (χ0n) is 16.7. The van der Waals surface area contributed by atoms with Gasteiger partial charge in [0, 0.05) is 18.2 Å². The van der Waals surface area contributed by atoms with Crippen molar-refractivity contribution >= 4 is 28.3 Å². The minimum atomic E-state index is -1.19. The van der Waals surface area contributed by atoms with Gasteiger partial charge in [0.25, 0.3) is 0 Å². The molecule has 0 amide bonds. The van der Waals surface area contributed by atoms with Gasteiger partial charge in [-0.1, -0.05) is 11.8 Å². The number of hydrogen-bond donors (Lipinski definition) is 1. The maximum Gasteiger partial charge on any atom is 0.204 e. The lowest BCUT2D eigenvalue weighted by Gasteiger charge is -2.17. The molecule has 2 aromatic rings. The van der Waals surface area contributed by atoms with Gasteiger partial charge in [-0.2, -0.15) is 0 Å². The first-order valence-electron chi connectivity index (χ1n) is 9.79. The monoisotopic (exact) mass is 451 g/mol. The summed E-state index contributed by atoms with van der Waals surface area (Å²) < 4.78 is 53.8. The summed E-state index contributed by atoms with van der Waals surface area (Å²) in [7, 11) is 1.33. The summed E-state index contributed by atoms with van der Waals surface area (Å²) in [5.41, 5.74) is 0.151. The Balaban J connectivity index is 1.62. The topological polar surface area (TPSA) is 64.6 Å². The van der Waals surface area contributed by atoms with E-state index >= 15 is 0 Å². The molecule has 1 saturated heterocycles. The van der Waals surface area contributed by atoms with Crippen molar-refractivity contribution in [3.63, 3.8) is 0 Å². The Morgan fingerprint density at radius 3 is 2.52 bits per heavy atom. The van der Waals surface area contributed by atoms with Crippen LogP contribution in [0.4, 0.5) is 18.9 Å². The number of ketones is 1. The number of carbonyl (C=O) groups excluding carboxylic acids is 2. The van der Waals surface area contributed by atoms with Crippen molar-refractivity contribution in [3.05, 3.63) is 52.8 Å². The summed E-state index contributed by atoms with van der Waals surface area (Å²) in [6, 6.07) is 4.75. The highest BCUT2D eigenvalue weighted by Crippen LogP contribution is 2.38. The molecule has 1 N–H and O–H groups in total. The molecule has 1 aliphatic carbocycles. The average molecular weight is 451 g/mol. The van der Waals surface area contributed by atoms with Gasteiger partial charge >= 0.3 is 0 Å². The molecule has 2 fully saturated rings. The van der Waals surface area contributed by atoms with Crippen LogP contribution in [-0.2, 0) is 16.1 Å². The number of Topliss-reactive ketones (excluding diaryl/α,β-unsaturated/α-hetero) is 1. The maximum atomic E-state index is 14.6. The van der Waals surface area contributed by atoms with Gasteiger partial charge in [-0.25, -0.2) is 13.2 Å². The van der Waals surface area contributed by atoms with E-state index < -0.39 is 28.5 Å². The fourth-order valence-electron chi connectivity index (χ4n) is 3.39. The van der Waals surface area contributed by atoms with Gasteiger partial charge in [-0.05, 0) is 37.0 Å². The molecule has 31 heavy (non-hydrogen) atoms. The molecule has 2 aromatic carbocycles. The van der Waals surface area contributed by atoms with Crippen molar-refractivity contribution < 1.29 is 32.2 Å². The zero-order chi connectivity index (χ0) is 22.1. The highest BCUT2D eigenvalue weighted by molar-refractivity contribution is 8.15. The van der Waals surface area contributed by atoms with Gasteiger partial charge in [0.1, 0.15) is 23.2 Å². The lowest BCUT2D eigenvalue weighted by molar-refractivity contribution is -0.122. The summed E-state index contributed by atoms with van der Waals surface area (Å²) in [6.45, 7) is 0.248. The minimum absolute atomic E-state index is 0.00602. The van der Waals surface area contributed by atoms with Crippen LogP contribution in [0.1, 0.15) is 29.9 Å². The highest BCUT2D eigenvalue weighted by Gasteiger charge is 2.37. The highest BCUT2D eigenvalue weighted by atomic mass is 32.2. The fourth-order valence-corrected chi connectivity index (χ4v) is 4.27. The molecule has 1 aliphatic heterocycles. The van der Waals surface area contributed by atoms with Crippen LogP contribution >= 0.6 is 11.8 Å². The molecule has 1 atom stereocenters. The molecule has 0 bridgehead atoms. The van der Waals surface area contributed by atoms with E-state index in [1.165, 1.54) is 19.2 Å². The second-order valence-electron chi connectivity index (χ2n) is 7.53. The van der Waals surface area contributed by atoms with E-state index in [2.05, 4.69) is 5.32 Å². The fraction of sp³-hybridized carbons (Fsp3) is 0.364. The van der Waals surface area contributed by atoms with E-state index in [-0.39, 0.29) is 46.4 Å². The van der Waals surface area contributed by atoms with Crippen LogP contribution in [0.15, 0.2) is 24.3 Å². The number of carbonyl (C=O) groups is 2. The molecule has 0 aromatic heterocycles. The van der Waals surface area contributed by atoms with Crippen LogP contribution in [-0.4, -0.2) is 30.4 Å². The SMILES string of the molecule is COc1cc(F)c(C2C(=O)CSC2=O)cc1NCc1c(OCC2CC2)ccc(F)c1F. The second kappa shape index (κ2) is 8.82. The van der Waals surface area contributed by atoms with E-state index in [0.29, 0.717) is 12.5 Å². The average Bonchev–Trinajstić information content (AvgIpc) is 3.52. The standard InChI is InChI=1S/C22H20F3NO4S/c1-29-19-7-15(24)12(20-17(27)10-31-22(20)28)6-16(19)26-8-13-18(30-9-11-2-3-11)5-4-14(23)21(13)25/h4-7,11,20,26H,2-3,8-10H2,1H3. The molecule has 9 heteroatoms. The van der Waals surface area contributed by atoms with E-state index in [0.717, 1.165) is 36.7 Å². The Kier molecular flexibility index (Phi) is 6.13. The molecule has 0 radical (unpaired) electrons. The summed E-state index contributed by atoms with van der Waals surface area (Å²) >= 11 is 0.847. The zero-order valence-corrected chi connectivity index (χ0v) is 17.5. The van der Waals surface area contributed by atoms with Gasteiger partial charge in [0.2, 0.25) is 5.12 Å². The first kappa shape index (κ1) is 21.5. The van der Waals surface area contributed by atoms with Crippen LogP contribution in [0, 0.1) is 23.4 Å². The normalized spacial score (nSPS) is 18.4. The molecule has 4 rings (SSSR count). The summed E-state index contributed by atoms with van der Waals surface area (Å²) in [4.78, 5) is 24.1. The number of methoxy groups -OCH3 is 1. The number of anilines is 1. The van der Waals surface area contributed by atoms with Crippen molar-refractivity contribution in [1.82, 2.24) is 0 Å². The quantitative estimate of drug-likeness (QED) is 0.599. The van der Waals surface area contributed by atoms with Crippen molar-refractivity contribution in [1.29, 1.82) is 0 Å². The summed E-state index contributed by atoms with van der Waals surface area (Å²) in [5.74, 6) is -3.64. The number of rotatable bonds is 8. The number of ether oxygens (including phenoxy) is 2. The largest absolute Gasteiger partial charge is 0.494 e. The number of halogens is 3. The van der Waals surface area contributed by atoms with Crippen molar-refractivity contribution in [3.8, 4) is 11.5 Å². The number of nitrogens with one attached hydrogen (secondary N) is 1. The lowest BCUT2D eigenvalue weighted by Crippen LogP contribution is -2.15. The lowest BCUT2D eigenvalue weighted by atomic mass is 9.95. The first-order chi connectivity index (χ1) is 14.9. The Bertz CT molecular complexity index is 1030. The predicted molar refractivity (Wildman–Crippen MR) is 110 cm³/mol. The van der Waals surface area contributed by atoms with Crippen LogP contribution in [0.3, 0.4) is 0 Å². The Morgan fingerprint density at radius 1 is 1.10 bits per heavy atom. The van der Waals surface area contributed by atoms with Crippen LogP contribution in [0.25, 0.3) is 0 Å². The van der Waals surface area contributed by atoms with Gasteiger partial charge in [0.05, 0.1) is 30.7 Å². The van der Waals surface area contributed by atoms with E-state index in [9.17, 15) is 22.8 Å². The maximum absolute atomic E-state index is 14.6. The van der Waals surface area contributed by atoms with Gasteiger partial charge < -0.3 is 14.8 Å². The van der Waals surface area contributed by atoms with Crippen molar-refractivity contribution in [2.24, 2.45) is 5.92 Å². The number of benzene rings is 2. The smallest absolute Gasteiger partial charge is 0.204 e. The van der Waals surface area contributed by atoms with Crippen LogP contribution in [0.2, 0.25) is 0 Å². The molecule has 2 aliphatic rings. The van der Waals surface area contributed by atoms with Crippen LogP contribution < -0.4 is 14.8 Å². The number of hydrogen-bond acceptors (Lipinski definition) is 6. The van der Waals surface area contributed by atoms with Crippen LogP contribution in [0.5, 0.6) is 11.5 Å². The molecule has 1 heterocycles. The van der Waals surface area contributed by atoms with E-state index in [1.54, 1.807) is 0 Å². The number of thioether (sulfide) groups is 1. The third kappa shape index (κ3) is 4.51. The summed E-state index contributed by atoms with van der Waals surface area (Å²) in [6.07, 6.45) is 2.09. The minimum Gasteiger partial charge on any atom is -0.494 e. The Hall–Kier alpha value is -2.68. The van der Waals surface area contributed by atoms with E-state index in [4.69, 9.17) is 9.47 Å². The molecular formula is C22H20F3NO4S. The molecule has 1 unspecified atom stereocenters. The third-order valence-corrected chi connectivity index (χ3v) is 6.27. The Morgan fingerprint density at radius 2 is 1.87 bits per heavy atom. The van der Waals surface area contributed by atoms with Gasteiger partial charge in [-0.15, -0.1) is 0 Å². The van der Waals surface area contributed by atoms with E-state index in [1.807, 2.05) is 0 Å². The van der Waals surface area contributed by atoms with Crippen molar-refractivity contribution in [2.45, 2.75) is 25.3 Å². The molecule has 1 saturated carbocycles. The van der Waals surface area contributed by atoms with Crippen molar-refractivity contribution in [2.75, 3.05) is 24.8 Å². The second-order valence-corrected chi connectivity index (χ2v) is 8.51. The van der Waals surface area contributed by atoms with Gasteiger partial charge in [-0.3, -0.25) is 9.59 Å². The van der Waals surface area contributed by atoms with Gasteiger partial charge in [0.15, 0.2) is 17.4 Å². The molecule has 164 valence electrons. The first-order valence-corrected chi connectivity index (χ1v) is 10.8. The molecular weight excluding hydrogens is 431 g/mol. The summed E-state index contributed by atoms with van der Waals surface area (Å²) in [5, 5.41) is 2.48. The molecule has 0 spiro atoms. The predicted octanol–water partition coefficient (Wildman–Crippen LogP) is 4.44.